The molecular formula is C12H18N2O. The molecular weight excluding hydrogens is 188 g/mol. The molecule has 82 valence electrons. The number of hydrogen-bond donors (Lipinski definition) is 0. The van der Waals surface area contributed by atoms with E-state index in [9.17, 15) is 0 Å². The maximum absolute atomic E-state index is 5.13. The number of rotatable bonds is 3. The van der Waals surface area contributed by atoms with Crippen molar-refractivity contribution >= 4 is 5.69 Å². The van der Waals surface area contributed by atoms with Crippen molar-refractivity contribution in [2.45, 2.75) is 0 Å². The molecule has 1 saturated heterocycles. The average Bonchev–Trinajstić information content (AvgIpc) is 2.32. The molecule has 1 fully saturated rings. The highest BCUT2D eigenvalue weighted by Crippen LogP contribution is 2.15. The topological polar surface area (TPSA) is 15.7 Å². The standard InChI is InChI=1S/C12H18N2O/c1-15-11-13-7-9-14(10-8-13)12-5-3-2-4-6-12/h2-6H,7-11H2,1H3. The van der Waals surface area contributed by atoms with Gasteiger partial charge in [0.1, 0.15) is 0 Å². The molecule has 0 aliphatic carbocycles. The lowest BCUT2D eigenvalue weighted by Gasteiger charge is -2.35. The fourth-order valence-electron chi connectivity index (χ4n) is 1.96. The molecule has 0 atom stereocenters. The lowest BCUT2D eigenvalue weighted by Crippen LogP contribution is -2.46. The first-order valence-electron chi connectivity index (χ1n) is 5.41. The number of hydrogen-bond acceptors (Lipinski definition) is 3. The minimum absolute atomic E-state index is 0.753. The SMILES string of the molecule is COCN1CCN(c2ccccc2)CC1. The Morgan fingerprint density at radius 3 is 2.33 bits per heavy atom. The minimum Gasteiger partial charge on any atom is -0.369 e. The molecule has 1 heterocycles. The normalized spacial score (nSPS) is 18.1. The Labute approximate surface area is 91.2 Å². The Morgan fingerprint density at radius 2 is 1.73 bits per heavy atom. The summed E-state index contributed by atoms with van der Waals surface area (Å²) in [6.07, 6.45) is 0. The first-order valence-corrected chi connectivity index (χ1v) is 5.41. The summed E-state index contributed by atoms with van der Waals surface area (Å²) < 4.78 is 5.13. The van der Waals surface area contributed by atoms with Crippen molar-refractivity contribution in [2.24, 2.45) is 0 Å². The van der Waals surface area contributed by atoms with Gasteiger partial charge in [-0.05, 0) is 12.1 Å². The first kappa shape index (κ1) is 10.5. The van der Waals surface area contributed by atoms with Gasteiger partial charge in [0, 0.05) is 39.0 Å². The highest BCUT2D eigenvalue weighted by molar-refractivity contribution is 5.46. The van der Waals surface area contributed by atoms with Crippen molar-refractivity contribution in [3.8, 4) is 0 Å². The van der Waals surface area contributed by atoms with Gasteiger partial charge in [0.15, 0.2) is 0 Å². The van der Waals surface area contributed by atoms with Crippen LogP contribution >= 0.6 is 0 Å². The monoisotopic (exact) mass is 206 g/mol. The first-order chi connectivity index (χ1) is 7.40. The van der Waals surface area contributed by atoms with E-state index in [1.165, 1.54) is 5.69 Å². The molecule has 0 radical (unpaired) electrons. The summed E-state index contributed by atoms with van der Waals surface area (Å²) >= 11 is 0. The number of methoxy groups -OCH3 is 1. The quantitative estimate of drug-likeness (QED) is 0.743. The van der Waals surface area contributed by atoms with Crippen molar-refractivity contribution in [1.82, 2.24) is 4.90 Å². The second kappa shape index (κ2) is 5.14. The second-order valence-corrected chi connectivity index (χ2v) is 3.86. The second-order valence-electron chi connectivity index (χ2n) is 3.86. The maximum atomic E-state index is 5.13. The lowest BCUT2D eigenvalue weighted by molar-refractivity contribution is 0.0596. The van der Waals surface area contributed by atoms with Gasteiger partial charge in [-0.1, -0.05) is 18.2 Å². The Hall–Kier alpha value is -1.06. The molecule has 1 aliphatic rings. The molecule has 0 bridgehead atoms. The van der Waals surface area contributed by atoms with E-state index in [4.69, 9.17) is 4.74 Å². The van der Waals surface area contributed by atoms with Crippen LogP contribution in [-0.2, 0) is 4.74 Å². The Kier molecular flexibility index (Phi) is 3.59. The van der Waals surface area contributed by atoms with E-state index in [1.54, 1.807) is 7.11 Å². The minimum atomic E-state index is 0.753. The summed E-state index contributed by atoms with van der Waals surface area (Å²) in [4.78, 5) is 4.76. The zero-order valence-corrected chi connectivity index (χ0v) is 9.22. The molecule has 0 amide bonds. The predicted molar refractivity (Wildman–Crippen MR) is 62.1 cm³/mol. The summed E-state index contributed by atoms with van der Waals surface area (Å²) in [5.74, 6) is 0. The van der Waals surface area contributed by atoms with E-state index >= 15 is 0 Å². The average molecular weight is 206 g/mol. The van der Waals surface area contributed by atoms with Crippen LogP contribution in [0.15, 0.2) is 30.3 Å². The number of para-hydroxylation sites is 1. The Bertz CT molecular complexity index is 281. The largest absolute Gasteiger partial charge is 0.369 e. The lowest BCUT2D eigenvalue weighted by atomic mass is 10.2. The van der Waals surface area contributed by atoms with Gasteiger partial charge in [-0.3, -0.25) is 4.90 Å². The molecule has 3 nitrogen and oxygen atoms in total. The molecule has 0 unspecified atom stereocenters. The van der Waals surface area contributed by atoms with Gasteiger partial charge in [0.25, 0.3) is 0 Å². The number of piperazine rings is 1. The van der Waals surface area contributed by atoms with Crippen LogP contribution in [0.2, 0.25) is 0 Å². The van der Waals surface area contributed by atoms with Gasteiger partial charge in [-0.25, -0.2) is 0 Å². The van der Waals surface area contributed by atoms with Crippen LogP contribution in [0.5, 0.6) is 0 Å². The van der Waals surface area contributed by atoms with Gasteiger partial charge in [-0.2, -0.15) is 0 Å². The van der Waals surface area contributed by atoms with Crippen LogP contribution in [-0.4, -0.2) is 44.9 Å². The third kappa shape index (κ3) is 2.70. The molecule has 1 aliphatic heterocycles. The van der Waals surface area contributed by atoms with Crippen molar-refractivity contribution in [3.63, 3.8) is 0 Å². The molecule has 0 N–H and O–H groups in total. The summed E-state index contributed by atoms with van der Waals surface area (Å²) in [6.45, 7) is 5.11. The van der Waals surface area contributed by atoms with Crippen LogP contribution in [0.4, 0.5) is 5.69 Å². The van der Waals surface area contributed by atoms with Gasteiger partial charge >= 0.3 is 0 Å². The highest BCUT2D eigenvalue weighted by atomic mass is 16.5. The van der Waals surface area contributed by atoms with Gasteiger partial charge in [0.2, 0.25) is 0 Å². The van der Waals surface area contributed by atoms with E-state index in [1.807, 2.05) is 0 Å². The van der Waals surface area contributed by atoms with E-state index in [2.05, 4.69) is 40.1 Å². The van der Waals surface area contributed by atoms with Crippen LogP contribution < -0.4 is 4.90 Å². The van der Waals surface area contributed by atoms with E-state index in [0.717, 1.165) is 32.9 Å². The van der Waals surface area contributed by atoms with Crippen molar-refractivity contribution in [1.29, 1.82) is 0 Å². The molecule has 1 aromatic rings. The maximum Gasteiger partial charge on any atom is 0.0987 e. The van der Waals surface area contributed by atoms with Gasteiger partial charge in [0.05, 0.1) is 6.73 Å². The van der Waals surface area contributed by atoms with Crippen LogP contribution in [0.3, 0.4) is 0 Å². The molecule has 0 aromatic heterocycles. The number of benzene rings is 1. The zero-order chi connectivity index (χ0) is 10.5. The smallest absolute Gasteiger partial charge is 0.0987 e. The van der Waals surface area contributed by atoms with Crippen LogP contribution in [0.25, 0.3) is 0 Å². The summed E-state index contributed by atoms with van der Waals surface area (Å²) in [5.41, 5.74) is 1.33. The third-order valence-corrected chi connectivity index (χ3v) is 2.81. The predicted octanol–water partition coefficient (Wildman–Crippen LogP) is 1.41. The highest BCUT2D eigenvalue weighted by Gasteiger charge is 2.16. The number of ether oxygens (including phenoxy) is 1. The van der Waals surface area contributed by atoms with Crippen molar-refractivity contribution < 1.29 is 4.74 Å². The molecule has 2 rings (SSSR count). The van der Waals surface area contributed by atoms with E-state index < -0.39 is 0 Å². The summed E-state index contributed by atoms with van der Waals surface area (Å²) in [7, 11) is 1.75. The molecule has 0 spiro atoms. The molecule has 15 heavy (non-hydrogen) atoms. The molecule has 0 saturated carbocycles. The third-order valence-electron chi connectivity index (χ3n) is 2.81. The van der Waals surface area contributed by atoms with Crippen molar-refractivity contribution in [2.75, 3.05) is 44.9 Å². The van der Waals surface area contributed by atoms with Gasteiger partial charge in [-0.15, -0.1) is 0 Å². The summed E-state index contributed by atoms with van der Waals surface area (Å²) in [5, 5.41) is 0. The van der Waals surface area contributed by atoms with Crippen LogP contribution in [0.1, 0.15) is 0 Å². The van der Waals surface area contributed by atoms with Crippen molar-refractivity contribution in [3.05, 3.63) is 30.3 Å². The Balaban J connectivity index is 1.88. The molecule has 1 aromatic carbocycles. The van der Waals surface area contributed by atoms with Gasteiger partial charge < -0.3 is 9.64 Å². The summed E-state index contributed by atoms with van der Waals surface area (Å²) in [6, 6.07) is 10.6. The Morgan fingerprint density at radius 1 is 1.07 bits per heavy atom. The zero-order valence-electron chi connectivity index (χ0n) is 9.22. The fourth-order valence-corrected chi connectivity index (χ4v) is 1.96. The van der Waals surface area contributed by atoms with E-state index in [-0.39, 0.29) is 0 Å². The molecule has 3 heteroatoms. The number of nitrogens with zero attached hydrogens (tertiary/aromatic N) is 2. The number of anilines is 1. The van der Waals surface area contributed by atoms with Crippen LogP contribution in [0, 0.1) is 0 Å². The van der Waals surface area contributed by atoms with E-state index in [0.29, 0.717) is 0 Å². The fraction of sp³-hybridized carbons (Fsp3) is 0.500.